The lowest BCUT2D eigenvalue weighted by Crippen LogP contribution is -2.54. The summed E-state index contributed by atoms with van der Waals surface area (Å²) in [4.78, 5) is 15.9. The average molecular weight is 292 g/mol. The first-order chi connectivity index (χ1) is 9.92. The molecule has 1 aliphatic heterocycles. The van der Waals surface area contributed by atoms with Crippen LogP contribution in [0.5, 0.6) is 5.75 Å². The molecule has 2 atom stereocenters. The van der Waals surface area contributed by atoms with E-state index in [4.69, 9.17) is 9.84 Å². The Morgan fingerprint density at radius 1 is 1.33 bits per heavy atom. The molecule has 1 heterocycles. The van der Waals surface area contributed by atoms with Gasteiger partial charge >= 0.3 is 5.97 Å². The van der Waals surface area contributed by atoms with E-state index in [1.807, 2.05) is 12.1 Å². The van der Waals surface area contributed by atoms with Crippen molar-refractivity contribution < 1.29 is 14.6 Å². The highest BCUT2D eigenvalue weighted by Crippen LogP contribution is 2.22. The highest BCUT2D eigenvalue weighted by atomic mass is 16.5. The van der Waals surface area contributed by atoms with Crippen molar-refractivity contribution in [3.8, 4) is 5.75 Å². The SMILES string of the molecule is COc1cc(CN2CC(C)N(C)C(C)C2)ccc1C(=O)O. The lowest BCUT2D eigenvalue weighted by molar-refractivity contribution is 0.0556. The van der Waals surface area contributed by atoms with Crippen LogP contribution in [-0.2, 0) is 6.54 Å². The maximum Gasteiger partial charge on any atom is 0.339 e. The Morgan fingerprint density at radius 2 is 1.95 bits per heavy atom. The van der Waals surface area contributed by atoms with Crippen molar-refractivity contribution in [3.63, 3.8) is 0 Å². The lowest BCUT2D eigenvalue weighted by Gasteiger charge is -2.42. The van der Waals surface area contributed by atoms with Gasteiger partial charge in [-0.15, -0.1) is 0 Å². The molecule has 0 saturated carbocycles. The predicted molar refractivity (Wildman–Crippen MR) is 81.9 cm³/mol. The number of hydrogen-bond acceptors (Lipinski definition) is 4. The average Bonchev–Trinajstić information content (AvgIpc) is 2.44. The fourth-order valence-corrected chi connectivity index (χ4v) is 2.91. The molecule has 1 saturated heterocycles. The van der Waals surface area contributed by atoms with Crippen molar-refractivity contribution in [1.29, 1.82) is 0 Å². The molecule has 2 unspecified atom stereocenters. The second-order valence-electron chi connectivity index (χ2n) is 5.90. The van der Waals surface area contributed by atoms with E-state index in [2.05, 4.69) is 30.7 Å². The number of rotatable bonds is 4. The Bertz CT molecular complexity index is 506. The van der Waals surface area contributed by atoms with Gasteiger partial charge in [-0.1, -0.05) is 6.07 Å². The van der Waals surface area contributed by atoms with E-state index in [1.165, 1.54) is 7.11 Å². The summed E-state index contributed by atoms with van der Waals surface area (Å²) in [7, 11) is 3.67. The number of hydrogen-bond donors (Lipinski definition) is 1. The molecule has 1 fully saturated rings. The maximum atomic E-state index is 11.1. The Kier molecular flexibility index (Phi) is 4.85. The van der Waals surface area contributed by atoms with Crippen LogP contribution in [0.15, 0.2) is 18.2 Å². The van der Waals surface area contributed by atoms with Crippen LogP contribution in [-0.4, -0.2) is 60.2 Å². The minimum atomic E-state index is -0.958. The number of ether oxygens (including phenoxy) is 1. The minimum Gasteiger partial charge on any atom is -0.496 e. The molecule has 1 N–H and O–H groups in total. The molecule has 0 aromatic heterocycles. The van der Waals surface area contributed by atoms with Gasteiger partial charge in [0.15, 0.2) is 0 Å². The van der Waals surface area contributed by atoms with Gasteiger partial charge in [-0.3, -0.25) is 9.80 Å². The largest absolute Gasteiger partial charge is 0.496 e. The summed E-state index contributed by atoms with van der Waals surface area (Å²) >= 11 is 0. The van der Waals surface area contributed by atoms with E-state index >= 15 is 0 Å². The third kappa shape index (κ3) is 3.54. The third-order valence-electron chi connectivity index (χ3n) is 4.34. The van der Waals surface area contributed by atoms with Gasteiger partial charge in [-0.05, 0) is 38.6 Å². The smallest absolute Gasteiger partial charge is 0.339 e. The molecule has 1 aromatic carbocycles. The molecule has 0 bridgehead atoms. The number of carboxylic acid groups (broad SMARTS) is 1. The van der Waals surface area contributed by atoms with Crippen molar-refractivity contribution in [2.24, 2.45) is 0 Å². The van der Waals surface area contributed by atoms with Gasteiger partial charge in [-0.2, -0.15) is 0 Å². The zero-order chi connectivity index (χ0) is 15.6. The first-order valence-electron chi connectivity index (χ1n) is 7.27. The minimum absolute atomic E-state index is 0.210. The van der Waals surface area contributed by atoms with Crippen LogP contribution >= 0.6 is 0 Å². The van der Waals surface area contributed by atoms with Crippen molar-refractivity contribution in [3.05, 3.63) is 29.3 Å². The molecule has 0 radical (unpaired) electrons. The Hall–Kier alpha value is -1.59. The fourth-order valence-electron chi connectivity index (χ4n) is 2.91. The number of aromatic carboxylic acids is 1. The topological polar surface area (TPSA) is 53.0 Å². The van der Waals surface area contributed by atoms with Gasteiger partial charge in [0.05, 0.1) is 7.11 Å². The first kappa shape index (κ1) is 15.8. The van der Waals surface area contributed by atoms with Crippen LogP contribution in [0, 0.1) is 0 Å². The molecule has 116 valence electrons. The molecular formula is C16H24N2O3. The highest BCUT2D eigenvalue weighted by Gasteiger charge is 2.26. The Morgan fingerprint density at radius 3 is 2.48 bits per heavy atom. The van der Waals surface area contributed by atoms with Crippen molar-refractivity contribution in [1.82, 2.24) is 9.80 Å². The quantitative estimate of drug-likeness (QED) is 0.919. The van der Waals surface area contributed by atoms with Gasteiger partial charge in [0.2, 0.25) is 0 Å². The predicted octanol–water partition coefficient (Wildman–Crippen LogP) is 1.92. The number of benzene rings is 1. The molecule has 0 amide bonds. The van der Waals surface area contributed by atoms with E-state index in [9.17, 15) is 4.79 Å². The standard InChI is InChI=1S/C16H24N2O3/c1-11-8-18(9-12(2)17(11)3)10-13-5-6-14(16(19)20)15(7-13)21-4/h5-7,11-12H,8-10H2,1-4H3,(H,19,20). The van der Waals surface area contributed by atoms with Crippen LogP contribution in [0.4, 0.5) is 0 Å². The molecule has 1 aliphatic rings. The molecular weight excluding hydrogens is 268 g/mol. The second-order valence-corrected chi connectivity index (χ2v) is 5.90. The summed E-state index contributed by atoms with van der Waals surface area (Å²) in [6.07, 6.45) is 0. The molecule has 5 heteroatoms. The van der Waals surface area contributed by atoms with E-state index in [1.54, 1.807) is 6.07 Å². The number of nitrogens with zero attached hydrogens (tertiary/aromatic N) is 2. The number of likely N-dealkylation sites (N-methyl/N-ethyl adjacent to an activating group) is 1. The van der Waals surface area contributed by atoms with Crippen molar-refractivity contribution in [2.75, 3.05) is 27.2 Å². The second kappa shape index (κ2) is 6.45. The third-order valence-corrected chi connectivity index (χ3v) is 4.34. The van der Waals surface area contributed by atoms with Crippen LogP contribution in [0.3, 0.4) is 0 Å². The van der Waals surface area contributed by atoms with E-state index < -0.39 is 5.97 Å². The zero-order valence-corrected chi connectivity index (χ0v) is 13.2. The highest BCUT2D eigenvalue weighted by molar-refractivity contribution is 5.90. The van der Waals surface area contributed by atoms with Crippen LogP contribution in [0.2, 0.25) is 0 Å². The van der Waals surface area contributed by atoms with E-state index in [0.29, 0.717) is 17.8 Å². The van der Waals surface area contributed by atoms with Crippen LogP contribution < -0.4 is 4.74 Å². The molecule has 5 nitrogen and oxygen atoms in total. The summed E-state index contributed by atoms with van der Waals surface area (Å²) in [5, 5.41) is 9.11. The maximum absolute atomic E-state index is 11.1. The number of piperazine rings is 1. The first-order valence-corrected chi connectivity index (χ1v) is 7.27. The zero-order valence-electron chi connectivity index (χ0n) is 13.2. The summed E-state index contributed by atoms with van der Waals surface area (Å²) in [5.74, 6) is -0.532. The van der Waals surface area contributed by atoms with Gasteiger partial charge in [-0.25, -0.2) is 4.79 Å². The lowest BCUT2D eigenvalue weighted by atomic mass is 10.1. The van der Waals surface area contributed by atoms with E-state index in [0.717, 1.165) is 25.2 Å². The summed E-state index contributed by atoms with van der Waals surface area (Å²) in [6, 6.07) is 6.37. The van der Waals surface area contributed by atoms with Crippen molar-refractivity contribution in [2.45, 2.75) is 32.5 Å². The normalized spacial score (nSPS) is 24.0. The van der Waals surface area contributed by atoms with Gasteiger partial charge < -0.3 is 9.84 Å². The fraction of sp³-hybridized carbons (Fsp3) is 0.562. The van der Waals surface area contributed by atoms with Crippen molar-refractivity contribution >= 4 is 5.97 Å². The monoisotopic (exact) mass is 292 g/mol. The van der Waals surface area contributed by atoms with Gasteiger partial charge in [0.1, 0.15) is 11.3 Å². The Balaban J connectivity index is 2.11. The van der Waals surface area contributed by atoms with Crippen LogP contribution in [0.25, 0.3) is 0 Å². The molecule has 0 aliphatic carbocycles. The molecule has 0 spiro atoms. The summed E-state index contributed by atoms with van der Waals surface area (Å²) < 4.78 is 5.19. The molecule has 2 rings (SSSR count). The number of carboxylic acids is 1. The van der Waals surface area contributed by atoms with Crippen LogP contribution in [0.1, 0.15) is 29.8 Å². The molecule has 21 heavy (non-hydrogen) atoms. The van der Waals surface area contributed by atoms with Gasteiger partial charge in [0.25, 0.3) is 0 Å². The summed E-state index contributed by atoms with van der Waals surface area (Å²) in [6.45, 7) is 7.32. The summed E-state index contributed by atoms with van der Waals surface area (Å²) in [5.41, 5.74) is 1.29. The number of methoxy groups -OCH3 is 1. The number of carbonyl (C=O) groups is 1. The molecule has 1 aromatic rings. The Labute approximate surface area is 126 Å². The van der Waals surface area contributed by atoms with Gasteiger partial charge in [0, 0.05) is 31.7 Å². The van der Waals surface area contributed by atoms with E-state index in [-0.39, 0.29) is 5.56 Å².